The van der Waals surface area contributed by atoms with Crippen molar-refractivity contribution in [2.75, 3.05) is 0 Å². The van der Waals surface area contributed by atoms with E-state index in [9.17, 15) is 13.2 Å². The van der Waals surface area contributed by atoms with Gasteiger partial charge in [0.1, 0.15) is 0 Å². The van der Waals surface area contributed by atoms with E-state index in [0.29, 0.717) is 10.8 Å². The molecule has 25 heavy (non-hydrogen) atoms. The number of hydrogen-bond acceptors (Lipinski definition) is 3. The van der Waals surface area contributed by atoms with Crippen LogP contribution in [-0.4, -0.2) is 22.5 Å². The molecule has 1 unspecified atom stereocenters. The van der Waals surface area contributed by atoms with E-state index in [-0.39, 0.29) is 5.88 Å². The number of aryl methyl sites for hydroxylation is 1. The minimum Gasteiger partial charge on any atom is -0.463 e. The zero-order valence-electron chi connectivity index (χ0n) is 13.4. The largest absolute Gasteiger partial charge is 0.463 e. The summed E-state index contributed by atoms with van der Waals surface area (Å²) < 4.78 is 44.3. The van der Waals surface area contributed by atoms with Gasteiger partial charge in [-0.1, -0.05) is 12.1 Å². The van der Waals surface area contributed by atoms with E-state index in [4.69, 9.17) is 4.74 Å². The SMILES string of the molecule is Cc1ccc(I)cc1-c1ccc2c(OC(C)C(F)(F)F)nncc2c1. The topological polar surface area (TPSA) is 35.0 Å². The summed E-state index contributed by atoms with van der Waals surface area (Å²) in [5.41, 5.74) is 3.15. The Morgan fingerprint density at radius 3 is 2.60 bits per heavy atom. The molecule has 2 aromatic carbocycles. The van der Waals surface area contributed by atoms with E-state index in [1.807, 2.05) is 31.2 Å². The zero-order chi connectivity index (χ0) is 18.2. The van der Waals surface area contributed by atoms with E-state index in [1.165, 1.54) is 6.20 Å². The first-order valence-electron chi connectivity index (χ1n) is 7.51. The molecule has 3 nitrogen and oxygen atoms in total. The molecule has 1 aromatic heterocycles. The number of ether oxygens (including phenoxy) is 1. The third-order valence-corrected chi connectivity index (χ3v) is 4.56. The van der Waals surface area contributed by atoms with E-state index in [0.717, 1.165) is 27.2 Å². The van der Waals surface area contributed by atoms with Crippen molar-refractivity contribution in [2.45, 2.75) is 26.1 Å². The van der Waals surface area contributed by atoms with Gasteiger partial charge in [-0.3, -0.25) is 0 Å². The van der Waals surface area contributed by atoms with Crippen molar-refractivity contribution in [2.24, 2.45) is 0 Å². The second-order valence-electron chi connectivity index (χ2n) is 5.71. The molecule has 3 aromatic rings. The van der Waals surface area contributed by atoms with Crippen LogP contribution >= 0.6 is 22.6 Å². The third-order valence-electron chi connectivity index (χ3n) is 3.89. The van der Waals surface area contributed by atoms with E-state index in [1.54, 1.807) is 6.07 Å². The van der Waals surface area contributed by atoms with Crippen LogP contribution in [0.5, 0.6) is 5.88 Å². The summed E-state index contributed by atoms with van der Waals surface area (Å²) >= 11 is 2.24. The van der Waals surface area contributed by atoms with Crippen LogP contribution in [0.2, 0.25) is 0 Å². The van der Waals surface area contributed by atoms with Crippen LogP contribution in [0.25, 0.3) is 21.9 Å². The molecule has 0 aliphatic heterocycles. The second kappa shape index (κ2) is 6.78. The number of benzene rings is 2. The van der Waals surface area contributed by atoms with Gasteiger partial charge in [-0.2, -0.15) is 18.3 Å². The quantitative estimate of drug-likeness (QED) is 0.484. The number of nitrogens with zero attached hydrogens (tertiary/aromatic N) is 2. The minimum absolute atomic E-state index is 0.117. The summed E-state index contributed by atoms with van der Waals surface area (Å²) in [5, 5.41) is 8.67. The first-order valence-corrected chi connectivity index (χ1v) is 8.59. The minimum atomic E-state index is -4.46. The van der Waals surface area contributed by atoms with Crippen molar-refractivity contribution in [3.8, 4) is 17.0 Å². The average Bonchev–Trinajstić information content (AvgIpc) is 2.56. The summed E-state index contributed by atoms with van der Waals surface area (Å²) in [5.74, 6) is -0.117. The summed E-state index contributed by atoms with van der Waals surface area (Å²) in [6, 6.07) is 11.6. The Hall–Kier alpha value is -1.90. The lowest BCUT2D eigenvalue weighted by atomic mass is 9.99. The highest BCUT2D eigenvalue weighted by Gasteiger charge is 2.38. The number of aromatic nitrogens is 2. The summed E-state index contributed by atoms with van der Waals surface area (Å²) in [4.78, 5) is 0. The summed E-state index contributed by atoms with van der Waals surface area (Å²) in [7, 11) is 0. The molecule has 7 heteroatoms. The standard InChI is InChI=1S/C18H14F3IN2O/c1-10-3-5-14(22)8-16(10)12-4-6-15-13(7-12)9-23-24-17(15)25-11(2)18(19,20)21/h3-9,11H,1-2H3. The molecule has 0 saturated heterocycles. The summed E-state index contributed by atoms with van der Waals surface area (Å²) in [6.07, 6.45) is -4.89. The molecule has 0 N–H and O–H groups in total. The Bertz CT molecular complexity index is 928. The molecule has 0 saturated carbocycles. The van der Waals surface area contributed by atoms with Crippen molar-refractivity contribution in [1.29, 1.82) is 0 Å². The van der Waals surface area contributed by atoms with Crippen LogP contribution in [0, 0.1) is 10.5 Å². The monoisotopic (exact) mass is 458 g/mol. The van der Waals surface area contributed by atoms with Crippen molar-refractivity contribution in [1.82, 2.24) is 10.2 Å². The Morgan fingerprint density at radius 1 is 1.12 bits per heavy atom. The highest BCUT2D eigenvalue weighted by Crippen LogP contribution is 2.32. The maximum Gasteiger partial charge on any atom is 0.425 e. The van der Waals surface area contributed by atoms with Crippen LogP contribution in [0.4, 0.5) is 13.2 Å². The van der Waals surface area contributed by atoms with Gasteiger partial charge in [0.2, 0.25) is 5.88 Å². The normalized spacial score (nSPS) is 13.0. The van der Waals surface area contributed by atoms with Gasteiger partial charge in [0.25, 0.3) is 0 Å². The molecule has 0 radical (unpaired) electrons. The molecular weight excluding hydrogens is 444 g/mol. The van der Waals surface area contributed by atoms with Crippen LogP contribution in [0.1, 0.15) is 12.5 Å². The molecule has 3 rings (SSSR count). The molecule has 0 aliphatic rings. The second-order valence-corrected chi connectivity index (χ2v) is 6.96. The molecule has 0 spiro atoms. The highest BCUT2D eigenvalue weighted by atomic mass is 127. The number of rotatable bonds is 3. The van der Waals surface area contributed by atoms with Gasteiger partial charge in [0.05, 0.1) is 6.20 Å². The van der Waals surface area contributed by atoms with Gasteiger partial charge in [0, 0.05) is 14.3 Å². The Morgan fingerprint density at radius 2 is 1.88 bits per heavy atom. The fourth-order valence-electron chi connectivity index (χ4n) is 2.46. The highest BCUT2D eigenvalue weighted by molar-refractivity contribution is 14.1. The fraction of sp³-hybridized carbons (Fsp3) is 0.222. The average molecular weight is 458 g/mol. The van der Waals surface area contributed by atoms with Gasteiger partial charge in [-0.25, -0.2) is 0 Å². The lowest BCUT2D eigenvalue weighted by molar-refractivity contribution is -0.189. The van der Waals surface area contributed by atoms with Crippen LogP contribution in [-0.2, 0) is 0 Å². The van der Waals surface area contributed by atoms with Crippen molar-refractivity contribution >= 4 is 33.4 Å². The number of hydrogen-bond donors (Lipinski definition) is 0. The van der Waals surface area contributed by atoms with Gasteiger partial charge >= 0.3 is 6.18 Å². The smallest absolute Gasteiger partial charge is 0.425 e. The van der Waals surface area contributed by atoms with Crippen LogP contribution in [0.15, 0.2) is 42.6 Å². The Balaban J connectivity index is 2.04. The lowest BCUT2D eigenvalue weighted by Crippen LogP contribution is -2.31. The van der Waals surface area contributed by atoms with Crippen LogP contribution in [0.3, 0.4) is 0 Å². The van der Waals surface area contributed by atoms with E-state index in [2.05, 4.69) is 38.9 Å². The predicted octanol–water partition coefficient (Wildman–Crippen LogP) is 5.54. The lowest BCUT2D eigenvalue weighted by Gasteiger charge is -2.17. The van der Waals surface area contributed by atoms with Gasteiger partial charge in [-0.05, 0) is 77.4 Å². The number of fused-ring (bicyclic) bond motifs is 1. The maximum absolute atomic E-state index is 12.7. The molecule has 1 heterocycles. The maximum atomic E-state index is 12.7. The van der Waals surface area contributed by atoms with Crippen molar-refractivity contribution in [3.63, 3.8) is 0 Å². The molecule has 0 bridgehead atoms. The molecule has 0 aliphatic carbocycles. The Kier molecular flexibility index (Phi) is 4.86. The molecule has 1 atom stereocenters. The Labute approximate surface area is 156 Å². The van der Waals surface area contributed by atoms with Gasteiger partial charge < -0.3 is 4.74 Å². The van der Waals surface area contributed by atoms with Crippen LogP contribution < -0.4 is 4.74 Å². The van der Waals surface area contributed by atoms with E-state index >= 15 is 0 Å². The van der Waals surface area contributed by atoms with Gasteiger partial charge in [-0.15, -0.1) is 5.10 Å². The van der Waals surface area contributed by atoms with Gasteiger partial charge in [0.15, 0.2) is 6.10 Å². The summed E-state index contributed by atoms with van der Waals surface area (Å²) in [6.45, 7) is 2.96. The molecular formula is C18H14F3IN2O. The first-order chi connectivity index (χ1) is 11.8. The number of halogens is 4. The fourth-order valence-corrected chi connectivity index (χ4v) is 2.95. The zero-order valence-corrected chi connectivity index (χ0v) is 15.6. The van der Waals surface area contributed by atoms with Crippen molar-refractivity contribution in [3.05, 3.63) is 51.7 Å². The van der Waals surface area contributed by atoms with E-state index < -0.39 is 12.3 Å². The molecule has 0 fully saturated rings. The first kappa shape index (κ1) is 17.9. The van der Waals surface area contributed by atoms with Crippen molar-refractivity contribution < 1.29 is 17.9 Å². The number of alkyl halides is 3. The molecule has 0 amide bonds. The third kappa shape index (κ3) is 3.86. The molecule has 130 valence electrons. The predicted molar refractivity (Wildman–Crippen MR) is 98.6 cm³/mol.